The van der Waals surface area contributed by atoms with Gasteiger partial charge < -0.3 is 10.5 Å². The molecule has 0 bridgehead atoms. The molecule has 0 amide bonds. The minimum atomic E-state index is -0.401. The third-order valence-corrected chi connectivity index (χ3v) is 5.16. The molecule has 2 rings (SSSR count). The zero-order valence-electron chi connectivity index (χ0n) is 14.6. The molecule has 138 valence electrons. The molecule has 0 aliphatic heterocycles. The molecule has 2 aliphatic rings. The Balaban J connectivity index is 1.57. The van der Waals surface area contributed by atoms with Crippen molar-refractivity contribution in [1.29, 1.82) is 0 Å². The van der Waals surface area contributed by atoms with E-state index in [9.17, 15) is 4.79 Å². The summed E-state index contributed by atoms with van der Waals surface area (Å²) < 4.78 is 5.33. The maximum Gasteiger partial charge on any atom is 0.330 e. The number of ether oxygens (including phenoxy) is 1. The Morgan fingerprint density at radius 3 is 2.42 bits per heavy atom. The van der Waals surface area contributed by atoms with E-state index in [1.165, 1.54) is 31.8 Å². The van der Waals surface area contributed by atoms with Gasteiger partial charge in [0, 0.05) is 12.6 Å². The first-order chi connectivity index (χ1) is 11.7. The SMILES string of the molecule is C=CC(=O)OC1CCCCC1OOCNCC1CCC(CN)CC1. The predicted molar refractivity (Wildman–Crippen MR) is 91.9 cm³/mol. The van der Waals surface area contributed by atoms with Crippen LogP contribution in [0.1, 0.15) is 51.4 Å². The molecule has 6 nitrogen and oxygen atoms in total. The minimum Gasteiger partial charge on any atom is -0.456 e. The zero-order valence-corrected chi connectivity index (χ0v) is 14.6. The van der Waals surface area contributed by atoms with Crippen molar-refractivity contribution in [2.75, 3.05) is 19.8 Å². The molecule has 6 heteroatoms. The molecule has 0 aromatic rings. The third-order valence-electron chi connectivity index (χ3n) is 5.16. The van der Waals surface area contributed by atoms with Crippen LogP contribution in [0.3, 0.4) is 0 Å². The first-order valence-corrected chi connectivity index (χ1v) is 9.25. The van der Waals surface area contributed by atoms with Gasteiger partial charge in [0.15, 0.2) is 0 Å². The second kappa shape index (κ2) is 10.8. The summed E-state index contributed by atoms with van der Waals surface area (Å²) in [5.74, 6) is 1.01. The van der Waals surface area contributed by atoms with Gasteiger partial charge in [0.25, 0.3) is 0 Å². The quantitative estimate of drug-likeness (QED) is 0.167. The lowest BCUT2D eigenvalue weighted by Crippen LogP contribution is -2.37. The van der Waals surface area contributed by atoms with Crippen molar-refractivity contribution in [3.8, 4) is 0 Å². The zero-order chi connectivity index (χ0) is 17.2. The number of nitrogens with one attached hydrogen (secondary N) is 1. The van der Waals surface area contributed by atoms with Crippen molar-refractivity contribution in [3.05, 3.63) is 12.7 Å². The molecular formula is C18H32N2O4. The van der Waals surface area contributed by atoms with Gasteiger partial charge in [0.2, 0.25) is 0 Å². The molecule has 24 heavy (non-hydrogen) atoms. The standard InChI is InChI=1S/C18H32N2O4/c1-2-18(21)23-16-5-3-4-6-17(16)24-22-13-20-12-15-9-7-14(11-19)8-10-15/h2,14-17,20H,1,3-13,19H2. The number of hydrogen-bond donors (Lipinski definition) is 2. The molecule has 0 aromatic carbocycles. The second-order valence-corrected chi connectivity index (χ2v) is 6.94. The lowest BCUT2D eigenvalue weighted by molar-refractivity contribution is -0.345. The Kier molecular flexibility index (Phi) is 8.74. The largest absolute Gasteiger partial charge is 0.456 e. The van der Waals surface area contributed by atoms with Gasteiger partial charge in [-0.15, -0.1) is 0 Å². The Morgan fingerprint density at radius 1 is 1.08 bits per heavy atom. The van der Waals surface area contributed by atoms with E-state index in [4.69, 9.17) is 20.2 Å². The normalized spacial score (nSPS) is 30.7. The van der Waals surface area contributed by atoms with Crippen molar-refractivity contribution in [2.45, 2.75) is 63.6 Å². The highest BCUT2D eigenvalue weighted by Crippen LogP contribution is 2.27. The van der Waals surface area contributed by atoms with Crippen molar-refractivity contribution in [1.82, 2.24) is 5.32 Å². The van der Waals surface area contributed by atoms with Gasteiger partial charge in [-0.1, -0.05) is 13.0 Å². The van der Waals surface area contributed by atoms with Crippen molar-refractivity contribution in [2.24, 2.45) is 17.6 Å². The Bertz CT molecular complexity index is 383. The van der Waals surface area contributed by atoms with Crippen LogP contribution in [0.15, 0.2) is 12.7 Å². The van der Waals surface area contributed by atoms with E-state index in [1.807, 2.05) is 0 Å². The van der Waals surface area contributed by atoms with E-state index >= 15 is 0 Å². The minimum absolute atomic E-state index is 0.190. The molecule has 0 saturated heterocycles. The van der Waals surface area contributed by atoms with Crippen LogP contribution < -0.4 is 11.1 Å². The van der Waals surface area contributed by atoms with Crippen LogP contribution in [0.25, 0.3) is 0 Å². The number of carbonyl (C=O) groups is 1. The van der Waals surface area contributed by atoms with E-state index in [-0.39, 0.29) is 12.2 Å². The summed E-state index contributed by atoms with van der Waals surface area (Å²) in [6.45, 7) is 5.55. The molecule has 0 radical (unpaired) electrons. The van der Waals surface area contributed by atoms with Crippen molar-refractivity contribution < 1.29 is 19.3 Å². The van der Waals surface area contributed by atoms with Crippen molar-refractivity contribution >= 4 is 5.97 Å². The summed E-state index contributed by atoms with van der Waals surface area (Å²) in [4.78, 5) is 22.1. The molecule has 3 N–H and O–H groups in total. The van der Waals surface area contributed by atoms with Gasteiger partial charge in [-0.2, -0.15) is 0 Å². The fourth-order valence-electron chi connectivity index (χ4n) is 3.60. The summed E-state index contributed by atoms with van der Waals surface area (Å²) in [5.41, 5.74) is 5.72. The predicted octanol–water partition coefficient (Wildman–Crippen LogP) is 2.29. The molecular weight excluding hydrogens is 308 g/mol. The molecule has 0 heterocycles. The number of esters is 1. The summed E-state index contributed by atoms with van der Waals surface area (Å²) in [7, 11) is 0. The number of carbonyl (C=O) groups excluding carboxylic acids is 1. The second-order valence-electron chi connectivity index (χ2n) is 6.94. The topological polar surface area (TPSA) is 82.8 Å². The third kappa shape index (κ3) is 6.51. The average Bonchev–Trinajstić information content (AvgIpc) is 2.63. The monoisotopic (exact) mass is 340 g/mol. The highest BCUT2D eigenvalue weighted by molar-refractivity contribution is 5.81. The smallest absolute Gasteiger partial charge is 0.330 e. The maximum atomic E-state index is 11.4. The Hall–Kier alpha value is -0.950. The lowest BCUT2D eigenvalue weighted by atomic mass is 9.82. The summed E-state index contributed by atoms with van der Waals surface area (Å²) in [6, 6.07) is 0. The average molecular weight is 340 g/mol. The summed E-state index contributed by atoms with van der Waals surface area (Å²) >= 11 is 0. The first kappa shape index (κ1) is 19.4. The Morgan fingerprint density at radius 2 is 1.75 bits per heavy atom. The molecule has 2 atom stereocenters. The molecule has 2 fully saturated rings. The van der Waals surface area contributed by atoms with Crippen LogP contribution in [0, 0.1) is 11.8 Å². The van der Waals surface area contributed by atoms with E-state index in [0.717, 1.165) is 38.8 Å². The number of rotatable bonds is 9. The van der Waals surface area contributed by atoms with Crippen LogP contribution >= 0.6 is 0 Å². The fourth-order valence-corrected chi connectivity index (χ4v) is 3.60. The maximum absolute atomic E-state index is 11.4. The summed E-state index contributed by atoms with van der Waals surface area (Å²) in [5, 5.41) is 3.29. The molecule has 2 unspecified atom stereocenters. The molecule has 2 aliphatic carbocycles. The number of nitrogens with two attached hydrogens (primary N) is 1. The molecule has 2 saturated carbocycles. The van der Waals surface area contributed by atoms with E-state index in [2.05, 4.69) is 11.9 Å². The van der Waals surface area contributed by atoms with Gasteiger partial charge in [0.1, 0.15) is 18.9 Å². The molecule has 0 spiro atoms. The fraction of sp³-hybridized carbons (Fsp3) is 0.833. The Labute approximate surface area is 145 Å². The van der Waals surface area contributed by atoms with Crippen LogP contribution in [0.2, 0.25) is 0 Å². The molecule has 0 aromatic heterocycles. The van der Waals surface area contributed by atoms with Gasteiger partial charge in [-0.3, -0.25) is 5.32 Å². The highest BCUT2D eigenvalue weighted by Gasteiger charge is 2.29. The van der Waals surface area contributed by atoms with Crippen LogP contribution in [0.4, 0.5) is 0 Å². The van der Waals surface area contributed by atoms with Gasteiger partial charge in [-0.05, 0) is 63.3 Å². The van der Waals surface area contributed by atoms with Crippen LogP contribution in [0.5, 0.6) is 0 Å². The number of hydrogen-bond acceptors (Lipinski definition) is 6. The summed E-state index contributed by atoms with van der Waals surface area (Å²) in [6.07, 6.45) is 9.46. The first-order valence-electron chi connectivity index (χ1n) is 9.25. The van der Waals surface area contributed by atoms with E-state index in [1.54, 1.807) is 0 Å². The van der Waals surface area contributed by atoms with Gasteiger partial charge in [-0.25, -0.2) is 14.6 Å². The lowest BCUT2D eigenvalue weighted by Gasteiger charge is -2.30. The van der Waals surface area contributed by atoms with Gasteiger partial charge >= 0.3 is 5.97 Å². The van der Waals surface area contributed by atoms with Gasteiger partial charge in [0.05, 0.1) is 0 Å². The van der Waals surface area contributed by atoms with Crippen molar-refractivity contribution in [3.63, 3.8) is 0 Å². The van der Waals surface area contributed by atoms with E-state index in [0.29, 0.717) is 18.6 Å². The van der Waals surface area contributed by atoms with E-state index < -0.39 is 5.97 Å². The van der Waals surface area contributed by atoms with Crippen LogP contribution in [-0.2, 0) is 19.3 Å². The highest BCUT2D eigenvalue weighted by atomic mass is 17.2. The van der Waals surface area contributed by atoms with Crippen LogP contribution in [-0.4, -0.2) is 38.0 Å².